The molecule has 2 aromatic rings. The third kappa shape index (κ3) is 3.85. The van der Waals surface area contributed by atoms with Gasteiger partial charge >= 0.3 is 0 Å². The minimum absolute atomic E-state index is 0.0754. The van der Waals surface area contributed by atoms with Crippen molar-refractivity contribution in [1.82, 2.24) is 10.2 Å². The second kappa shape index (κ2) is 7.08. The molecule has 2 rings (SSSR count). The molecule has 7 nitrogen and oxygen atoms in total. The average Bonchev–Trinajstić information content (AvgIpc) is 2.92. The standard InChI is InChI=1S/C14H16N4O3S/c1-3-4-5-12-16-17-14(22-12)15-13(19)10-7-6-9(2)11(8-10)18(20)21/h6-8H,3-5H2,1-2H3,(H,15,17,19). The number of aryl methyl sites for hydroxylation is 2. The molecule has 1 heterocycles. The molecule has 0 spiro atoms. The number of nitro benzene ring substituents is 1. The Morgan fingerprint density at radius 1 is 1.41 bits per heavy atom. The van der Waals surface area contributed by atoms with E-state index in [1.54, 1.807) is 19.1 Å². The first-order valence-electron chi connectivity index (χ1n) is 6.90. The number of carbonyl (C=O) groups is 1. The van der Waals surface area contributed by atoms with Gasteiger partial charge in [0, 0.05) is 23.6 Å². The molecule has 0 unspecified atom stereocenters. The molecule has 116 valence electrons. The summed E-state index contributed by atoms with van der Waals surface area (Å²) in [5.74, 6) is -0.429. The molecule has 0 aliphatic rings. The van der Waals surface area contributed by atoms with Crippen LogP contribution < -0.4 is 5.32 Å². The quantitative estimate of drug-likeness (QED) is 0.650. The number of nitro groups is 1. The van der Waals surface area contributed by atoms with Crippen molar-refractivity contribution in [3.8, 4) is 0 Å². The van der Waals surface area contributed by atoms with E-state index in [4.69, 9.17) is 0 Å². The summed E-state index contributed by atoms with van der Waals surface area (Å²) in [5, 5.41) is 22.7. The number of nitrogens with zero attached hydrogens (tertiary/aromatic N) is 3. The average molecular weight is 320 g/mol. The number of amides is 1. The number of anilines is 1. The molecule has 0 aliphatic heterocycles. The number of unbranched alkanes of at least 4 members (excludes halogenated alkanes) is 1. The molecule has 1 N–H and O–H groups in total. The second-order valence-electron chi connectivity index (χ2n) is 4.82. The van der Waals surface area contributed by atoms with Crippen molar-refractivity contribution < 1.29 is 9.72 Å². The van der Waals surface area contributed by atoms with Gasteiger partial charge in [0.1, 0.15) is 5.01 Å². The van der Waals surface area contributed by atoms with Crippen LogP contribution in [0, 0.1) is 17.0 Å². The van der Waals surface area contributed by atoms with Crippen LogP contribution in [0.2, 0.25) is 0 Å². The molecule has 8 heteroatoms. The molecule has 0 atom stereocenters. The fraction of sp³-hybridized carbons (Fsp3) is 0.357. The monoisotopic (exact) mass is 320 g/mol. The largest absolute Gasteiger partial charge is 0.296 e. The normalized spacial score (nSPS) is 10.5. The van der Waals surface area contributed by atoms with Gasteiger partial charge in [-0.3, -0.25) is 20.2 Å². The maximum atomic E-state index is 12.1. The number of nitrogens with one attached hydrogen (secondary N) is 1. The number of hydrogen-bond donors (Lipinski definition) is 1. The highest BCUT2D eigenvalue weighted by Crippen LogP contribution is 2.21. The first-order chi connectivity index (χ1) is 10.5. The van der Waals surface area contributed by atoms with E-state index in [2.05, 4.69) is 22.4 Å². The molecule has 0 aliphatic carbocycles. The Bertz CT molecular complexity index is 699. The SMILES string of the molecule is CCCCc1nnc(NC(=O)c2ccc(C)c([N+](=O)[O-])c2)s1. The van der Waals surface area contributed by atoms with Gasteiger partial charge in [-0.2, -0.15) is 0 Å². The number of hydrogen-bond acceptors (Lipinski definition) is 6. The van der Waals surface area contributed by atoms with Crippen molar-refractivity contribution in [1.29, 1.82) is 0 Å². The van der Waals surface area contributed by atoms with E-state index in [1.807, 2.05) is 0 Å². The summed E-state index contributed by atoms with van der Waals surface area (Å²) >= 11 is 1.32. The fourth-order valence-corrected chi connectivity index (χ4v) is 2.63. The van der Waals surface area contributed by atoms with Crippen LogP contribution in [0.25, 0.3) is 0 Å². The minimum atomic E-state index is -0.500. The highest BCUT2D eigenvalue weighted by molar-refractivity contribution is 7.15. The topological polar surface area (TPSA) is 98.0 Å². The molecule has 0 saturated carbocycles. The Balaban J connectivity index is 2.10. The molecule has 1 amide bonds. The zero-order valence-electron chi connectivity index (χ0n) is 12.3. The molecule has 1 aromatic heterocycles. The number of carbonyl (C=O) groups excluding carboxylic acids is 1. The Kier molecular flexibility index (Phi) is 5.16. The van der Waals surface area contributed by atoms with E-state index in [0.717, 1.165) is 24.3 Å². The summed E-state index contributed by atoms with van der Waals surface area (Å²) in [4.78, 5) is 22.5. The smallest absolute Gasteiger partial charge is 0.273 e. The van der Waals surface area contributed by atoms with Crippen molar-refractivity contribution in [3.05, 3.63) is 44.4 Å². The van der Waals surface area contributed by atoms with Gasteiger partial charge in [-0.05, 0) is 19.4 Å². The van der Waals surface area contributed by atoms with Gasteiger partial charge in [0.25, 0.3) is 11.6 Å². The zero-order valence-corrected chi connectivity index (χ0v) is 13.1. The maximum absolute atomic E-state index is 12.1. The van der Waals surface area contributed by atoms with Crippen LogP contribution in [0.1, 0.15) is 40.7 Å². The van der Waals surface area contributed by atoms with E-state index in [-0.39, 0.29) is 11.3 Å². The lowest BCUT2D eigenvalue weighted by Gasteiger charge is -2.02. The number of aromatic nitrogens is 2. The highest BCUT2D eigenvalue weighted by atomic mass is 32.1. The lowest BCUT2D eigenvalue weighted by atomic mass is 10.1. The number of rotatable bonds is 6. The van der Waals surface area contributed by atoms with Crippen LogP contribution in [0.5, 0.6) is 0 Å². The molecule has 0 bridgehead atoms. The van der Waals surface area contributed by atoms with E-state index in [0.29, 0.717) is 10.7 Å². The lowest BCUT2D eigenvalue weighted by Crippen LogP contribution is -2.12. The van der Waals surface area contributed by atoms with Gasteiger partial charge in [0.2, 0.25) is 5.13 Å². The maximum Gasteiger partial charge on any atom is 0.273 e. The predicted molar refractivity (Wildman–Crippen MR) is 84.3 cm³/mol. The second-order valence-corrected chi connectivity index (χ2v) is 5.88. The summed E-state index contributed by atoms with van der Waals surface area (Å²) in [7, 11) is 0. The van der Waals surface area contributed by atoms with Crippen LogP contribution in [0.15, 0.2) is 18.2 Å². The Morgan fingerprint density at radius 2 is 2.18 bits per heavy atom. The van der Waals surface area contributed by atoms with Crippen LogP contribution in [0.4, 0.5) is 10.8 Å². The van der Waals surface area contributed by atoms with E-state index >= 15 is 0 Å². The van der Waals surface area contributed by atoms with Crippen LogP contribution in [-0.2, 0) is 6.42 Å². The molecule has 0 fully saturated rings. The van der Waals surface area contributed by atoms with Gasteiger partial charge in [-0.15, -0.1) is 10.2 Å². The highest BCUT2D eigenvalue weighted by Gasteiger charge is 2.16. The van der Waals surface area contributed by atoms with Crippen LogP contribution >= 0.6 is 11.3 Å². The van der Waals surface area contributed by atoms with Crippen molar-refractivity contribution in [2.45, 2.75) is 33.1 Å². The van der Waals surface area contributed by atoms with Gasteiger partial charge < -0.3 is 0 Å². The molecular formula is C14H16N4O3S. The van der Waals surface area contributed by atoms with Crippen molar-refractivity contribution in [2.24, 2.45) is 0 Å². The Labute approximate surface area is 131 Å². The van der Waals surface area contributed by atoms with Crippen molar-refractivity contribution in [3.63, 3.8) is 0 Å². The molecule has 0 saturated heterocycles. The van der Waals surface area contributed by atoms with E-state index in [9.17, 15) is 14.9 Å². The summed E-state index contributed by atoms with van der Waals surface area (Å²) in [5.41, 5.74) is 0.662. The van der Waals surface area contributed by atoms with E-state index in [1.165, 1.54) is 17.4 Å². The molecule has 22 heavy (non-hydrogen) atoms. The third-order valence-electron chi connectivity index (χ3n) is 3.10. The zero-order chi connectivity index (χ0) is 16.1. The van der Waals surface area contributed by atoms with Crippen LogP contribution in [0.3, 0.4) is 0 Å². The van der Waals surface area contributed by atoms with Gasteiger partial charge in [0.15, 0.2) is 0 Å². The summed E-state index contributed by atoms with van der Waals surface area (Å²) in [6.07, 6.45) is 2.92. The first-order valence-corrected chi connectivity index (χ1v) is 7.71. The van der Waals surface area contributed by atoms with E-state index < -0.39 is 10.8 Å². The lowest BCUT2D eigenvalue weighted by molar-refractivity contribution is -0.385. The first kappa shape index (κ1) is 16.0. The van der Waals surface area contributed by atoms with Gasteiger partial charge in [0.05, 0.1) is 4.92 Å². The van der Waals surface area contributed by atoms with Crippen LogP contribution in [-0.4, -0.2) is 21.0 Å². The summed E-state index contributed by atoms with van der Waals surface area (Å²) in [6, 6.07) is 4.38. The predicted octanol–water partition coefficient (Wildman–Crippen LogP) is 3.35. The Morgan fingerprint density at radius 3 is 2.86 bits per heavy atom. The molecular weight excluding hydrogens is 304 g/mol. The summed E-state index contributed by atoms with van der Waals surface area (Å²) in [6.45, 7) is 3.72. The van der Waals surface area contributed by atoms with Crippen molar-refractivity contribution in [2.75, 3.05) is 5.32 Å². The van der Waals surface area contributed by atoms with Crippen molar-refractivity contribution >= 4 is 28.1 Å². The summed E-state index contributed by atoms with van der Waals surface area (Å²) < 4.78 is 0. The fourth-order valence-electron chi connectivity index (χ4n) is 1.85. The molecule has 0 radical (unpaired) electrons. The third-order valence-corrected chi connectivity index (χ3v) is 4.00. The number of benzene rings is 1. The minimum Gasteiger partial charge on any atom is -0.296 e. The van der Waals surface area contributed by atoms with Gasteiger partial charge in [-0.1, -0.05) is 30.7 Å². The van der Waals surface area contributed by atoms with Gasteiger partial charge in [-0.25, -0.2) is 0 Å². The Hall–Kier alpha value is -2.35. The molecule has 1 aromatic carbocycles.